The molecule has 1 amide bonds. The molecule has 2 saturated heterocycles. The number of carbonyl (C=O) groups is 1. The molecule has 42 heavy (non-hydrogen) atoms. The summed E-state index contributed by atoms with van der Waals surface area (Å²) in [6, 6.07) is 7.17. The molecule has 2 aliphatic heterocycles. The number of halogens is 5. The Kier molecular flexibility index (Phi) is 8.24. The predicted octanol–water partition coefficient (Wildman–Crippen LogP) is 4.57. The fraction of sp³-hybridized carbons (Fsp3) is 0.379. The van der Waals surface area contributed by atoms with Crippen molar-refractivity contribution in [2.24, 2.45) is 0 Å². The zero-order valence-electron chi connectivity index (χ0n) is 23.0. The molecule has 13 heteroatoms. The zero-order chi connectivity index (χ0) is 30.2. The summed E-state index contributed by atoms with van der Waals surface area (Å²) in [6.07, 6.45) is -4.27. The molecule has 0 spiro atoms. The number of piperazine rings is 1. The number of alkyl halides is 3. The number of carbonyl (C=O) groups excluding carboxylic acids is 1. The summed E-state index contributed by atoms with van der Waals surface area (Å²) < 4.78 is 77.2. The number of benzene rings is 2. The largest absolute Gasteiger partial charge is 0.417 e. The van der Waals surface area contributed by atoms with Gasteiger partial charge in [-0.3, -0.25) is 9.59 Å². The van der Waals surface area contributed by atoms with Crippen LogP contribution in [0, 0.1) is 11.6 Å². The average molecular weight is 592 g/mol. The Hall–Kier alpha value is -3.97. The van der Waals surface area contributed by atoms with Crippen LogP contribution in [0.3, 0.4) is 0 Å². The predicted molar refractivity (Wildman–Crippen MR) is 149 cm³/mol. The molecule has 0 bridgehead atoms. The normalized spacial score (nSPS) is 18.3. The fourth-order valence-electron chi connectivity index (χ4n) is 5.23. The number of H-pyrrole nitrogens is 1. The van der Waals surface area contributed by atoms with Crippen LogP contribution < -0.4 is 20.7 Å². The molecule has 8 nitrogen and oxygen atoms in total. The van der Waals surface area contributed by atoms with E-state index in [1.54, 1.807) is 12.1 Å². The third-order valence-corrected chi connectivity index (χ3v) is 7.72. The number of nitrogens with zero attached hydrogens (tertiary/aromatic N) is 3. The molecule has 2 aliphatic rings. The Morgan fingerprint density at radius 3 is 2.38 bits per heavy atom. The van der Waals surface area contributed by atoms with Crippen LogP contribution in [-0.4, -0.2) is 74.8 Å². The number of likely N-dealkylation sites (N-methyl/N-ethyl adjacent to an activating group) is 1. The third-order valence-electron chi connectivity index (χ3n) is 7.72. The smallest absolute Gasteiger partial charge is 0.378 e. The van der Waals surface area contributed by atoms with Gasteiger partial charge in [0.25, 0.3) is 5.91 Å². The molecule has 0 radical (unpaired) electrons. The number of anilines is 3. The van der Waals surface area contributed by atoms with E-state index in [-0.39, 0.29) is 28.5 Å². The minimum Gasteiger partial charge on any atom is -0.378 e. The molecule has 3 heterocycles. The summed E-state index contributed by atoms with van der Waals surface area (Å²) in [5.41, 5.74) is -2.40. The molecule has 1 aromatic heterocycles. The number of ether oxygens (including phenoxy) is 1. The maximum Gasteiger partial charge on any atom is 0.417 e. The van der Waals surface area contributed by atoms with Gasteiger partial charge in [-0.05, 0) is 43.8 Å². The molecule has 2 N–H and O–H groups in total. The van der Waals surface area contributed by atoms with E-state index in [0.717, 1.165) is 0 Å². The Labute approximate surface area is 238 Å². The van der Waals surface area contributed by atoms with Crippen LogP contribution in [0.5, 0.6) is 0 Å². The highest BCUT2D eigenvalue weighted by molar-refractivity contribution is 6.07. The number of aromatic nitrogens is 1. The van der Waals surface area contributed by atoms with E-state index in [4.69, 9.17) is 4.74 Å². The van der Waals surface area contributed by atoms with E-state index in [0.29, 0.717) is 63.9 Å². The van der Waals surface area contributed by atoms with E-state index in [1.165, 1.54) is 18.2 Å². The van der Waals surface area contributed by atoms with E-state index < -0.39 is 40.4 Å². The number of rotatable bonds is 5. The summed E-state index contributed by atoms with van der Waals surface area (Å²) in [7, 11) is 1.94. The van der Waals surface area contributed by atoms with Crippen LogP contribution >= 0.6 is 0 Å². The van der Waals surface area contributed by atoms with E-state index in [2.05, 4.69) is 15.2 Å². The Balaban J connectivity index is 1.56. The monoisotopic (exact) mass is 591 g/mol. The van der Waals surface area contributed by atoms with Crippen LogP contribution in [0.25, 0.3) is 11.1 Å². The average Bonchev–Trinajstić information content (AvgIpc) is 2.95. The third kappa shape index (κ3) is 6.12. The molecule has 224 valence electrons. The maximum absolute atomic E-state index is 15.7. The second-order valence-corrected chi connectivity index (χ2v) is 10.5. The van der Waals surface area contributed by atoms with Crippen LogP contribution in [0.15, 0.2) is 47.4 Å². The number of nitrogens with one attached hydrogen (secondary N) is 2. The van der Waals surface area contributed by atoms with Gasteiger partial charge in [-0.2, -0.15) is 13.2 Å². The number of hydrogen-bond acceptors (Lipinski definition) is 6. The van der Waals surface area contributed by atoms with Gasteiger partial charge in [0.15, 0.2) is 0 Å². The first-order valence-corrected chi connectivity index (χ1v) is 13.4. The highest BCUT2D eigenvalue weighted by atomic mass is 19.4. The lowest BCUT2D eigenvalue weighted by atomic mass is 10.0. The zero-order valence-corrected chi connectivity index (χ0v) is 23.0. The van der Waals surface area contributed by atoms with Crippen molar-refractivity contribution in [3.63, 3.8) is 0 Å². The summed E-state index contributed by atoms with van der Waals surface area (Å²) in [5.74, 6) is -2.40. The van der Waals surface area contributed by atoms with Gasteiger partial charge < -0.3 is 29.7 Å². The molecule has 1 unspecified atom stereocenters. The first-order valence-electron chi connectivity index (χ1n) is 13.4. The van der Waals surface area contributed by atoms with Gasteiger partial charge in [0.2, 0.25) is 5.56 Å². The first kappa shape index (κ1) is 29.5. The molecule has 1 atom stereocenters. The van der Waals surface area contributed by atoms with Crippen LogP contribution in [0.2, 0.25) is 0 Å². The minimum absolute atomic E-state index is 0.0406. The van der Waals surface area contributed by atoms with Crippen LogP contribution in [-0.2, 0) is 10.9 Å². The Bertz CT molecular complexity index is 1540. The highest BCUT2D eigenvalue weighted by Crippen LogP contribution is 2.38. The van der Waals surface area contributed by atoms with E-state index in [9.17, 15) is 22.8 Å². The van der Waals surface area contributed by atoms with Gasteiger partial charge in [0.1, 0.15) is 11.6 Å². The van der Waals surface area contributed by atoms with Crippen molar-refractivity contribution in [1.29, 1.82) is 0 Å². The van der Waals surface area contributed by atoms with Crippen LogP contribution in [0.1, 0.15) is 22.8 Å². The lowest BCUT2D eigenvalue weighted by Crippen LogP contribution is -2.50. The SMILES string of the molecule is CC1CN(c2cc(F)c(-c3ccc(N4CCOCC4)c(F)c3)cc2NC(=O)c2c[nH]c(=O)cc2C(F)(F)F)CCN1C. The molecule has 2 fully saturated rings. The van der Waals surface area contributed by atoms with E-state index in [1.807, 2.05) is 23.8 Å². The highest BCUT2D eigenvalue weighted by Gasteiger charge is 2.36. The number of morpholine rings is 1. The number of hydrogen-bond donors (Lipinski definition) is 2. The second-order valence-electron chi connectivity index (χ2n) is 10.5. The Morgan fingerprint density at radius 2 is 1.71 bits per heavy atom. The van der Waals surface area contributed by atoms with Crippen molar-refractivity contribution < 1.29 is 31.5 Å². The summed E-state index contributed by atoms with van der Waals surface area (Å²) in [5, 5.41) is 2.50. The van der Waals surface area contributed by atoms with Gasteiger partial charge in [0, 0.05) is 56.6 Å². The lowest BCUT2D eigenvalue weighted by molar-refractivity contribution is -0.138. The second kappa shape index (κ2) is 11.7. The number of amides is 1. The molecule has 0 saturated carbocycles. The summed E-state index contributed by atoms with van der Waals surface area (Å²) in [4.78, 5) is 32.7. The lowest BCUT2D eigenvalue weighted by Gasteiger charge is -2.39. The number of aromatic amines is 1. The van der Waals surface area contributed by atoms with Gasteiger partial charge >= 0.3 is 6.18 Å². The topological polar surface area (TPSA) is 80.9 Å². The van der Waals surface area contributed by atoms with Gasteiger partial charge in [-0.1, -0.05) is 6.07 Å². The summed E-state index contributed by atoms with van der Waals surface area (Å²) in [6.45, 7) is 5.46. The number of pyridine rings is 1. The molecule has 5 rings (SSSR count). The molecule has 2 aromatic carbocycles. The maximum atomic E-state index is 15.7. The van der Waals surface area contributed by atoms with Crippen molar-refractivity contribution in [2.75, 3.05) is 68.1 Å². The van der Waals surface area contributed by atoms with Crippen molar-refractivity contribution in [1.82, 2.24) is 9.88 Å². The van der Waals surface area contributed by atoms with Gasteiger partial charge in [-0.25, -0.2) is 8.78 Å². The van der Waals surface area contributed by atoms with Crippen molar-refractivity contribution in [3.05, 3.63) is 75.7 Å². The molecule has 0 aliphatic carbocycles. The van der Waals surface area contributed by atoms with Gasteiger partial charge in [-0.15, -0.1) is 0 Å². The molecule has 3 aromatic rings. The van der Waals surface area contributed by atoms with Crippen molar-refractivity contribution >= 4 is 23.0 Å². The Morgan fingerprint density at radius 1 is 0.976 bits per heavy atom. The standard InChI is InChI=1S/C29H30F5N5O3/c1-17-16-39(6-5-37(17)2)26-14-22(30)19(18-3-4-25(23(31)11-18)38-7-9-42-10-8-38)12-24(26)36-28(41)20-15-35-27(40)13-21(20)29(32,33)34/h3-4,11-15,17H,5-10,16H2,1-2H3,(H,35,40)(H,36,41). The quantitative estimate of drug-likeness (QED) is 0.424. The minimum atomic E-state index is -4.97. The molecular formula is C29H30F5N5O3. The fourth-order valence-corrected chi connectivity index (χ4v) is 5.23. The van der Waals surface area contributed by atoms with E-state index >= 15 is 8.78 Å². The van der Waals surface area contributed by atoms with Crippen molar-refractivity contribution in [3.8, 4) is 11.1 Å². The summed E-state index contributed by atoms with van der Waals surface area (Å²) >= 11 is 0. The van der Waals surface area contributed by atoms with Gasteiger partial charge in [0.05, 0.1) is 41.4 Å². The molecular weight excluding hydrogens is 561 g/mol. The van der Waals surface area contributed by atoms with Crippen LogP contribution in [0.4, 0.5) is 39.0 Å². The first-order chi connectivity index (χ1) is 19.9. The van der Waals surface area contributed by atoms with Crippen molar-refractivity contribution in [2.45, 2.75) is 19.1 Å².